The molecule has 2 saturated heterocycles. The molecule has 2 aliphatic heterocycles. The highest BCUT2D eigenvalue weighted by molar-refractivity contribution is 5.78. The molecule has 2 fully saturated rings. The maximum Gasteiger partial charge on any atom is 0.317 e. The van der Waals surface area contributed by atoms with Crippen LogP contribution in [-0.2, 0) is 11.2 Å². The van der Waals surface area contributed by atoms with Gasteiger partial charge in [-0.2, -0.15) is 0 Å². The summed E-state index contributed by atoms with van der Waals surface area (Å²) in [6.07, 6.45) is 0.739. The quantitative estimate of drug-likeness (QED) is 0.920. The van der Waals surface area contributed by atoms with Gasteiger partial charge in [0.25, 0.3) is 0 Å². The van der Waals surface area contributed by atoms with E-state index >= 15 is 0 Å². The van der Waals surface area contributed by atoms with Crippen molar-refractivity contribution in [1.82, 2.24) is 20.1 Å². The number of hydrogen-bond acceptors (Lipinski definition) is 4. The number of ether oxygens (including phenoxy) is 1. The van der Waals surface area contributed by atoms with E-state index in [1.807, 2.05) is 29.2 Å². The van der Waals surface area contributed by atoms with Crippen LogP contribution in [-0.4, -0.2) is 72.8 Å². The van der Waals surface area contributed by atoms with Crippen molar-refractivity contribution in [3.8, 4) is 0 Å². The molecule has 0 bridgehead atoms. The van der Waals surface area contributed by atoms with Crippen LogP contribution in [0.15, 0.2) is 36.4 Å². The predicted molar refractivity (Wildman–Crippen MR) is 96.6 cm³/mol. The zero-order valence-electron chi connectivity index (χ0n) is 14.4. The van der Waals surface area contributed by atoms with Gasteiger partial charge in [-0.25, -0.2) is 4.79 Å². The van der Waals surface area contributed by atoms with Gasteiger partial charge in [-0.05, 0) is 12.1 Å². The molecule has 6 heteroatoms. The fraction of sp³-hybridized carbons (Fsp3) is 0.474. The molecule has 1 unspecified atom stereocenters. The van der Waals surface area contributed by atoms with Crippen LogP contribution in [0.2, 0.25) is 0 Å². The first-order valence-corrected chi connectivity index (χ1v) is 8.99. The van der Waals surface area contributed by atoms with Crippen LogP contribution >= 0.6 is 0 Å². The second-order valence-electron chi connectivity index (χ2n) is 6.69. The number of hydrogen-bond donors (Lipinski definition) is 1. The summed E-state index contributed by atoms with van der Waals surface area (Å²) in [6.45, 7) is 5.59. The van der Waals surface area contributed by atoms with E-state index in [-0.39, 0.29) is 6.03 Å². The number of carbonyl (C=O) groups excluding carboxylic acids is 1. The number of rotatable bonds is 3. The number of amides is 2. The zero-order chi connectivity index (χ0) is 17.1. The van der Waals surface area contributed by atoms with Gasteiger partial charge in [-0.3, -0.25) is 9.88 Å². The number of pyridine rings is 1. The van der Waals surface area contributed by atoms with E-state index in [0.717, 1.165) is 62.4 Å². The lowest BCUT2D eigenvalue weighted by Crippen LogP contribution is -2.60. The number of morpholine rings is 1. The molecule has 2 aromatic rings. The second kappa shape index (κ2) is 7.37. The minimum Gasteiger partial charge on any atom is -0.378 e. The summed E-state index contributed by atoms with van der Waals surface area (Å²) in [5.41, 5.74) is 2.00. The van der Waals surface area contributed by atoms with Gasteiger partial charge < -0.3 is 15.0 Å². The third-order valence-corrected chi connectivity index (χ3v) is 5.04. The van der Waals surface area contributed by atoms with Gasteiger partial charge >= 0.3 is 6.03 Å². The lowest BCUT2D eigenvalue weighted by molar-refractivity contribution is -0.0364. The summed E-state index contributed by atoms with van der Waals surface area (Å²) in [6, 6.07) is 12.6. The van der Waals surface area contributed by atoms with E-state index in [1.54, 1.807) is 0 Å². The van der Waals surface area contributed by atoms with E-state index in [2.05, 4.69) is 27.3 Å². The number of para-hydroxylation sites is 1. The highest BCUT2D eigenvalue weighted by Gasteiger charge is 2.31. The van der Waals surface area contributed by atoms with Gasteiger partial charge in [-0.1, -0.05) is 24.3 Å². The number of piperazine rings is 1. The van der Waals surface area contributed by atoms with Gasteiger partial charge in [0.2, 0.25) is 0 Å². The summed E-state index contributed by atoms with van der Waals surface area (Å²) in [4.78, 5) is 21.4. The third kappa shape index (κ3) is 3.75. The van der Waals surface area contributed by atoms with Crippen molar-refractivity contribution in [2.45, 2.75) is 12.5 Å². The average Bonchev–Trinajstić information content (AvgIpc) is 2.67. The van der Waals surface area contributed by atoms with Crippen molar-refractivity contribution >= 4 is 16.9 Å². The van der Waals surface area contributed by atoms with Crippen molar-refractivity contribution in [2.75, 3.05) is 45.9 Å². The zero-order valence-corrected chi connectivity index (χ0v) is 14.4. The van der Waals surface area contributed by atoms with Gasteiger partial charge in [0.15, 0.2) is 0 Å². The summed E-state index contributed by atoms with van der Waals surface area (Å²) in [5, 5.41) is 4.17. The van der Waals surface area contributed by atoms with Gasteiger partial charge in [0.1, 0.15) is 0 Å². The van der Waals surface area contributed by atoms with Gasteiger partial charge in [0.05, 0.1) is 24.8 Å². The average molecular weight is 340 g/mol. The van der Waals surface area contributed by atoms with E-state index in [1.165, 1.54) is 0 Å². The fourth-order valence-electron chi connectivity index (χ4n) is 3.59. The Morgan fingerprint density at radius 3 is 3.08 bits per heavy atom. The Morgan fingerprint density at radius 2 is 2.12 bits per heavy atom. The first kappa shape index (κ1) is 16.3. The molecule has 4 rings (SSSR count). The molecule has 132 valence electrons. The number of benzene rings is 1. The second-order valence-corrected chi connectivity index (χ2v) is 6.69. The molecule has 6 nitrogen and oxygen atoms in total. The Balaban J connectivity index is 1.28. The van der Waals surface area contributed by atoms with Crippen molar-refractivity contribution in [2.24, 2.45) is 0 Å². The molecule has 0 spiro atoms. The SMILES string of the molecule is O=C(NCCc1ccc2ccccc2n1)N1CCN2CCOCC2C1. The number of nitrogens with zero attached hydrogens (tertiary/aromatic N) is 3. The molecule has 1 aromatic heterocycles. The molecule has 1 aromatic carbocycles. The minimum absolute atomic E-state index is 0.0195. The standard InChI is InChI=1S/C19H24N4O2/c24-19(23-10-9-22-11-12-25-14-17(22)13-23)20-8-7-16-6-5-15-3-1-2-4-18(15)21-16/h1-6,17H,7-14H2,(H,20,24). The lowest BCUT2D eigenvalue weighted by Gasteiger charge is -2.43. The van der Waals surface area contributed by atoms with Crippen LogP contribution in [0.1, 0.15) is 5.69 Å². The highest BCUT2D eigenvalue weighted by Crippen LogP contribution is 2.14. The fourth-order valence-corrected chi connectivity index (χ4v) is 3.59. The summed E-state index contributed by atoms with van der Waals surface area (Å²) >= 11 is 0. The monoisotopic (exact) mass is 340 g/mol. The number of nitrogens with one attached hydrogen (secondary N) is 1. The first-order chi connectivity index (χ1) is 12.3. The molecule has 0 radical (unpaired) electrons. The Morgan fingerprint density at radius 1 is 1.20 bits per heavy atom. The maximum atomic E-state index is 12.4. The molecule has 1 N–H and O–H groups in total. The molecule has 2 aliphatic rings. The molecule has 25 heavy (non-hydrogen) atoms. The molecular formula is C19H24N4O2. The Bertz CT molecular complexity index is 751. The van der Waals surface area contributed by atoms with Crippen LogP contribution in [0.3, 0.4) is 0 Å². The molecule has 1 atom stereocenters. The Kier molecular flexibility index (Phi) is 4.81. The van der Waals surface area contributed by atoms with Gasteiger partial charge in [-0.15, -0.1) is 0 Å². The summed E-state index contributed by atoms with van der Waals surface area (Å²) in [5.74, 6) is 0. The lowest BCUT2D eigenvalue weighted by atomic mass is 10.1. The van der Waals surface area contributed by atoms with Crippen molar-refractivity contribution in [1.29, 1.82) is 0 Å². The van der Waals surface area contributed by atoms with E-state index in [0.29, 0.717) is 12.6 Å². The normalized spacial score (nSPS) is 21.1. The van der Waals surface area contributed by atoms with Crippen LogP contribution in [0.25, 0.3) is 10.9 Å². The highest BCUT2D eigenvalue weighted by atomic mass is 16.5. The Hall–Kier alpha value is -2.18. The molecule has 2 amide bonds. The third-order valence-electron chi connectivity index (χ3n) is 5.04. The van der Waals surface area contributed by atoms with E-state index in [9.17, 15) is 4.79 Å². The topological polar surface area (TPSA) is 57.7 Å². The van der Waals surface area contributed by atoms with Crippen molar-refractivity contribution < 1.29 is 9.53 Å². The number of fused-ring (bicyclic) bond motifs is 2. The van der Waals surface area contributed by atoms with Crippen LogP contribution in [0.5, 0.6) is 0 Å². The molecule has 0 saturated carbocycles. The minimum atomic E-state index is 0.0195. The van der Waals surface area contributed by atoms with Crippen LogP contribution in [0.4, 0.5) is 4.79 Å². The van der Waals surface area contributed by atoms with E-state index < -0.39 is 0 Å². The van der Waals surface area contributed by atoms with Crippen LogP contribution in [0, 0.1) is 0 Å². The van der Waals surface area contributed by atoms with Crippen molar-refractivity contribution in [3.63, 3.8) is 0 Å². The molecule has 0 aliphatic carbocycles. The molecule has 3 heterocycles. The molecular weight excluding hydrogens is 316 g/mol. The summed E-state index contributed by atoms with van der Waals surface area (Å²) < 4.78 is 5.53. The van der Waals surface area contributed by atoms with Crippen molar-refractivity contribution in [3.05, 3.63) is 42.1 Å². The largest absolute Gasteiger partial charge is 0.378 e. The van der Waals surface area contributed by atoms with Crippen LogP contribution < -0.4 is 5.32 Å². The smallest absolute Gasteiger partial charge is 0.317 e. The maximum absolute atomic E-state index is 12.4. The first-order valence-electron chi connectivity index (χ1n) is 8.99. The Labute approximate surface area is 147 Å². The number of urea groups is 1. The number of aromatic nitrogens is 1. The predicted octanol–water partition coefficient (Wildman–Crippen LogP) is 1.50. The summed E-state index contributed by atoms with van der Waals surface area (Å²) in [7, 11) is 0. The van der Waals surface area contributed by atoms with Gasteiger partial charge in [0, 0.05) is 50.2 Å². The van der Waals surface area contributed by atoms with E-state index in [4.69, 9.17) is 4.74 Å². The number of carbonyl (C=O) groups is 1.